The summed E-state index contributed by atoms with van der Waals surface area (Å²) in [6.45, 7) is 2.54. The molecule has 5 rings (SSSR count). The van der Waals surface area contributed by atoms with Crippen LogP contribution in [0.25, 0.3) is 16.8 Å². The van der Waals surface area contributed by atoms with Crippen molar-refractivity contribution in [2.75, 3.05) is 6.61 Å². The molecule has 1 aliphatic heterocycles. The molecule has 0 radical (unpaired) electrons. The minimum Gasteiger partial charge on any atom is -0.490 e. The monoisotopic (exact) mass is 540 g/mol. The molecule has 1 aliphatic rings. The molecule has 1 saturated heterocycles. The molecule has 0 aliphatic carbocycles. The van der Waals surface area contributed by atoms with Crippen LogP contribution in [0.15, 0.2) is 89.8 Å². The number of nitro groups is 1. The summed E-state index contributed by atoms with van der Waals surface area (Å²) in [4.78, 5) is 38.1. The van der Waals surface area contributed by atoms with Crippen LogP contribution in [0.2, 0.25) is 0 Å². The summed E-state index contributed by atoms with van der Waals surface area (Å²) < 4.78 is 11.6. The Hall–Kier alpha value is -4.63. The van der Waals surface area contributed by atoms with Crippen molar-refractivity contribution in [3.63, 3.8) is 0 Å². The van der Waals surface area contributed by atoms with E-state index in [1.54, 1.807) is 36.4 Å². The van der Waals surface area contributed by atoms with Crippen molar-refractivity contribution in [1.29, 1.82) is 0 Å². The van der Waals surface area contributed by atoms with E-state index in [4.69, 9.17) is 9.47 Å². The highest BCUT2D eigenvalue weighted by molar-refractivity contribution is 8.18. The van der Waals surface area contributed by atoms with E-state index >= 15 is 0 Å². The minimum absolute atomic E-state index is 0.00845. The zero-order chi connectivity index (χ0) is 27.4. The van der Waals surface area contributed by atoms with E-state index < -0.39 is 4.92 Å². The predicted octanol–water partition coefficient (Wildman–Crippen LogP) is 6.96. The number of carbonyl (C=O) groups excluding carboxylic acids is 2. The number of nitrogens with zero attached hydrogens (tertiary/aromatic N) is 2. The van der Waals surface area contributed by atoms with Crippen molar-refractivity contribution in [2.45, 2.75) is 20.1 Å². The minimum atomic E-state index is -0.451. The molecule has 4 aromatic rings. The van der Waals surface area contributed by atoms with E-state index in [2.05, 4.69) is 0 Å². The van der Waals surface area contributed by atoms with Crippen molar-refractivity contribution in [3.05, 3.63) is 117 Å². The lowest BCUT2D eigenvalue weighted by Gasteiger charge is -2.14. The van der Waals surface area contributed by atoms with Crippen LogP contribution in [-0.2, 0) is 17.9 Å². The molecule has 0 spiro atoms. The van der Waals surface area contributed by atoms with Gasteiger partial charge in [0.1, 0.15) is 6.61 Å². The zero-order valence-corrected chi connectivity index (χ0v) is 21.9. The van der Waals surface area contributed by atoms with Crippen LogP contribution in [-0.4, -0.2) is 27.6 Å². The first-order chi connectivity index (χ1) is 18.9. The second kappa shape index (κ2) is 11.4. The van der Waals surface area contributed by atoms with E-state index in [-0.39, 0.29) is 30.0 Å². The van der Waals surface area contributed by atoms with E-state index in [0.29, 0.717) is 34.1 Å². The summed E-state index contributed by atoms with van der Waals surface area (Å²) in [6, 6.07) is 25.2. The average molecular weight is 541 g/mol. The number of hydrogen-bond acceptors (Lipinski definition) is 7. The van der Waals surface area contributed by atoms with Gasteiger partial charge in [-0.3, -0.25) is 24.6 Å². The summed E-state index contributed by atoms with van der Waals surface area (Å²) in [5, 5.41) is 12.8. The zero-order valence-electron chi connectivity index (χ0n) is 21.0. The van der Waals surface area contributed by atoms with Crippen molar-refractivity contribution < 1.29 is 24.0 Å². The first-order valence-corrected chi connectivity index (χ1v) is 13.1. The van der Waals surface area contributed by atoms with E-state index in [1.807, 2.05) is 49.4 Å². The van der Waals surface area contributed by atoms with Gasteiger partial charge in [-0.2, -0.15) is 0 Å². The number of benzene rings is 4. The molecule has 8 nitrogen and oxygen atoms in total. The summed E-state index contributed by atoms with van der Waals surface area (Å²) in [5.41, 5.74) is 2.22. The second-order valence-electron chi connectivity index (χ2n) is 8.76. The van der Waals surface area contributed by atoms with E-state index in [1.165, 1.54) is 17.0 Å². The first kappa shape index (κ1) is 26.0. The lowest BCUT2D eigenvalue weighted by molar-refractivity contribution is -0.384. The van der Waals surface area contributed by atoms with Crippen LogP contribution >= 0.6 is 11.8 Å². The first-order valence-electron chi connectivity index (χ1n) is 12.3. The Labute approximate surface area is 229 Å². The quantitative estimate of drug-likeness (QED) is 0.128. The van der Waals surface area contributed by atoms with Crippen molar-refractivity contribution >= 4 is 45.4 Å². The van der Waals surface area contributed by atoms with Crippen LogP contribution in [0.5, 0.6) is 11.5 Å². The Morgan fingerprint density at radius 1 is 0.923 bits per heavy atom. The lowest BCUT2D eigenvalue weighted by Crippen LogP contribution is -2.27. The van der Waals surface area contributed by atoms with Crippen LogP contribution in [0.4, 0.5) is 10.5 Å². The number of fused-ring (bicyclic) bond motifs is 1. The number of amides is 2. The highest BCUT2D eigenvalue weighted by atomic mass is 32.2. The Bertz CT molecular complexity index is 1610. The van der Waals surface area contributed by atoms with Crippen LogP contribution in [0, 0.1) is 10.1 Å². The number of ether oxygens (including phenoxy) is 2. The standard InChI is InChI=1S/C30H24N2O6S/c1-2-37-27-16-20(13-14-26(27)38-19-21-7-5-11-24(15-21)32(35)36)17-28-29(33)31(30(34)39-28)18-23-10-6-9-22-8-3-4-12-25(22)23/h3-17H,2,18-19H2,1H3/b28-17-. The highest BCUT2D eigenvalue weighted by Crippen LogP contribution is 2.36. The van der Waals surface area contributed by atoms with Crippen molar-refractivity contribution in [3.8, 4) is 11.5 Å². The van der Waals surface area contributed by atoms with Gasteiger partial charge < -0.3 is 9.47 Å². The normalized spacial score (nSPS) is 14.3. The van der Waals surface area contributed by atoms with E-state index in [9.17, 15) is 19.7 Å². The van der Waals surface area contributed by atoms with Gasteiger partial charge in [-0.15, -0.1) is 0 Å². The summed E-state index contributed by atoms with van der Waals surface area (Å²) in [5.74, 6) is 0.582. The number of hydrogen-bond donors (Lipinski definition) is 0. The molecular weight excluding hydrogens is 516 g/mol. The maximum atomic E-state index is 13.2. The third-order valence-corrected chi connectivity index (χ3v) is 7.07. The van der Waals surface area contributed by atoms with Crippen molar-refractivity contribution in [1.82, 2.24) is 4.90 Å². The largest absolute Gasteiger partial charge is 0.490 e. The molecule has 0 saturated carbocycles. The molecule has 1 heterocycles. The number of carbonyl (C=O) groups is 2. The topological polar surface area (TPSA) is 99.0 Å². The number of imide groups is 1. The average Bonchev–Trinajstić information content (AvgIpc) is 3.20. The molecule has 4 aromatic carbocycles. The van der Waals surface area contributed by atoms with Crippen LogP contribution in [0.3, 0.4) is 0 Å². The fraction of sp³-hybridized carbons (Fsp3) is 0.133. The molecule has 196 valence electrons. The Morgan fingerprint density at radius 2 is 1.72 bits per heavy atom. The van der Waals surface area contributed by atoms with Gasteiger partial charge in [0.25, 0.3) is 16.8 Å². The smallest absolute Gasteiger partial charge is 0.293 e. The maximum Gasteiger partial charge on any atom is 0.293 e. The predicted molar refractivity (Wildman–Crippen MR) is 151 cm³/mol. The molecule has 0 bridgehead atoms. The summed E-state index contributed by atoms with van der Waals surface area (Å²) in [7, 11) is 0. The fourth-order valence-corrected chi connectivity index (χ4v) is 5.15. The number of nitro benzene ring substituents is 1. The van der Waals surface area contributed by atoms with Crippen LogP contribution in [0.1, 0.15) is 23.6 Å². The van der Waals surface area contributed by atoms with Crippen molar-refractivity contribution in [2.24, 2.45) is 0 Å². The Balaban J connectivity index is 1.34. The number of non-ortho nitro benzene ring substituents is 1. The highest BCUT2D eigenvalue weighted by Gasteiger charge is 2.35. The van der Waals surface area contributed by atoms with Crippen LogP contribution < -0.4 is 9.47 Å². The summed E-state index contributed by atoms with van der Waals surface area (Å²) >= 11 is 0.907. The fourth-order valence-electron chi connectivity index (χ4n) is 4.31. The Kier molecular flexibility index (Phi) is 7.60. The van der Waals surface area contributed by atoms with E-state index in [0.717, 1.165) is 28.1 Å². The van der Waals surface area contributed by atoms with Gasteiger partial charge in [-0.05, 0) is 64.4 Å². The molecule has 0 N–H and O–H groups in total. The third kappa shape index (κ3) is 5.78. The molecule has 1 fully saturated rings. The SMILES string of the molecule is CCOc1cc(/C=C2\SC(=O)N(Cc3cccc4ccccc34)C2=O)ccc1OCc1cccc([N+](=O)[O-])c1. The number of thioether (sulfide) groups is 1. The Morgan fingerprint density at radius 3 is 2.54 bits per heavy atom. The molecule has 0 atom stereocenters. The molecule has 0 unspecified atom stereocenters. The lowest BCUT2D eigenvalue weighted by atomic mass is 10.0. The molecule has 0 aromatic heterocycles. The molecule has 9 heteroatoms. The molecular formula is C30H24N2O6S. The van der Waals surface area contributed by atoms with Gasteiger partial charge in [0.2, 0.25) is 0 Å². The van der Waals surface area contributed by atoms with Gasteiger partial charge in [0.15, 0.2) is 11.5 Å². The number of rotatable bonds is 9. The second-order valence-corrected chi connectivity index (χ2v) is 9.75. The summed E-state index contributed by atoms with van der Waals surface area (Å²) in [6.07, 6.45) is 1.67. The molecule has 39 heavy (non-hydrogen) atoms. The van der Waals surface area contributed by atoms with Gasteiger partial charge in [-0.1, -0.05) is 60.7 Å². The van der Waals surface area contributed by atoms with Gasteiger partial charge in [-0.25, -0.2) is 0 Å². The maximum absolute atomic E-state index is 13.2. The third-order valence-electron chi connectivity index (χ3n) is 6.16. The molecule has 2 amide bonds. The van der Waals surface area contributed by atoms with Gasteiger partial charge >= 0.3 is 0 Å². The van der Waals surface area contributed by atoms with Gasteiger partial charge in [0.05, 0.1) is 23.0 Å². The van der Waals surface area contributed by atoms with Gasteiger partial charge in [0, 0.05) is 12.1 Å².